The Hall–Kier alpha value is -1.32. The highest BCUT2D eigenvalue weighted by Crippen LogP contribution is 2.39. The van der Waals surface area contributed by atoms with Gasteiger partial charge in [0.2, 0.25) is 5.95 Å². The minimum absolute atomic E-state index is 0.0937. The van der Waals surface area contributed by atoms with Crippen molar-refractivity contribution in [3.63, 3.8) is 0 Å². The normalized spacial score (nSPS) is 18.3. The molecule has 1 aromatic heterocycles. The predicted octanol–water partition coefficient (Wildman–Crippen LogP) is 1.68. The lowest BCUT2D eigenvalue weighted by atomic mass is 9.70. The first kappa shape index (κ1) is 10.2. The Balaban J connectivity index is 2.01. The third kappa shape index (κ3) is 2.37. The topological polar surface area (TPSA) is 57.8 Å². The van der Waals surface area contributed by atoms with Crippen molar-refractivity contribution in [3.05, 3.63) is 22.1 Å². The first-order chi connectivity index (χ1) is 7.07. The van der Waals surface area contributed by atoms with Crippen LogP contribution in [0.15, 0.2) is 10.9 Å². The maximum Gasteiger partial charge on any atom is 0.252 e. The molecule has 2 rings (SSSR count). The number of aromatic nitrogens is 2. The average molecular weight is 207 g/mol. The summed E-state index contributed by atoms with van der Waals surface area (Å²) in [6.07, 6.45) is 3.84. The highest BCUT2D eigenvalue weighted by atomic mass is 16.1. The van der Waals surface area contributed by atoms with Crippen molar-refractivity contribution in [2.24, 2.45) is 5.41 Å². The quantitative estimate of drug-likeness (QED) is 0.792. The Morgan fingerprint density at radius 1 is 1.60 bits per heavy atom. The number of anilines is 1. The van der Waals surface area contributed by atoms with Gasteiger partial charge in [-0.1, -0.05) is 13.3 Å². The molecule has 1 aliphatic rings. The number of aryl methyl sites for hydroxylation is 1. The van der Waals surface area contributed by atoms with Crippen LogP contribution in [-0.2, 0) is 0 Å². The molecule has 0 radical (unpaired) electrons. The molecule has 15 heavy (non-hydrogen) atoms. The zero-order valence-electron chi connectivity index (χ0n) is 9.26. The molecule has 0 spiro atoms. The van der Waals surface area contributed by atoms with E-state index in [1.165, 1.54) is 25.3 Å². The van der Waals surface area contributed by atoms with Gasteiger partial charge in [-0.3, -0.25) is 9.78 Å². The largest absolute Gasteiger partial charge is 0.355 e. The molecule has 4 heteroatoms. The van der Waals surface area contributed by atoms with Gasteiger partial charge in [-0.05, 0) is 25.2 Å². The maximum absolute atomic E-state index is 11.2. The van der Waals surface area contributed by atoms with Crippen molar-refractivity contribution in [3.8, 4) is 0 Å². The van der Waals surface area contributed by atoms with Crippen molar-refractivity contribution >= 4 is 5.95 Å². The second-order valence-electron chi connectivity index (χ2n) is 4.75. The number of H-pyrrole nitrogens is 1. The maximum atomic E-state index is 11.2. The molecule has 0 bridgehead atoms. The lowest BCUT2D eigenvalue weighted by Crippen LogP contribution is -2.34. The molecule has 0 atom stereocenters. The van der Waals surface area contributed by atoms with Gasteiger partial charge in [-0.2, -0.15) is 0 Å². The molecule has 1 fully saturated rings. The standard InChI is InChI=1S/C11H17N3O/c1-8-6-9(15)14-10(13-8)12-7-11(2)4-3-5-11/h6H,3-5,7H2,1-2H3,(H2,12,13,14,15). The molecule has 0 aromatic carbocycles. The lowest BCUT2D eigenvalue weighted by molar-refractivity contribution is 0.179. The Morgan fingerprint density at radius 3 is 2.87 bits per heavy atom. The molecule has 0 aliphatic heterocycles. The Labute approximate surface area is 89.1 Å². The van der Waals surface area contributed by atoms with E-state index in [1.54, 1.807) is 0 Å². The van der Waals surface area contributed by atoms with Crippen LogP contribution in [0.25, 0.3) is 0 Å². The van der Waals surface area contributed by atoms with Crippen molar-refractivity contribution in [2.75, 3.05) is 11.9 Å². The van der Waals surface area contributed by atoms with E-state index < -0.39 is 0 Å². The number of hydrogen-bond acceptors (Lipinski definition) is 3. The van der Waals surface area contributed by atoms with E-state index >= 15 is 0 Å². The SMILES string of the molecule is Cc1cc(=O)[nH]c(NCC2(C)CCC2)n1. The molecule has 1 aliphatic carbocycles. The fraction of sp³-hybridized carbons (Fsp3) is 0.636. The van der Waals surface area contributed by atoms with E-state index in [9.17, 15) is 4.79 Å². The van der Waals surface area contributed by atoms with Crippen LogP contribution in [-0.4, -0.2) is 16.5 Å². The molecule has 0 amide bonds. The summed E-state index contributed by atoms with van der Waals surface area (Å²) >= 11 is 0. The lowest BCUT2D eigenvalue weighted by Gasteiger charge is -2.38. The summed E-state index contributed by atoms with van der Waals surface area (Å²) in [5.74, 6) is 0.591. The summed E-state index contributed by atoms with van der Waals surface area (Å²) in [7, 11) is 0. The molecule has 4 nitrogen and oxygen atoms in total. The van der Waals surface area contributed by atoms with Crippen LogP contribution in [0, 0.1) is 12.3 Å². The average Bonchev–Trinajstić information content (AvgIpc) is 2.10. The van der Waals surface area contributed by atoms with Gasteiger partial charge in [0.15, 0.2) is 0 Å². The highest BCUT2D eigenvalue weighted by molar-refractivity contribution is 5.25. The Morgan fingerprint density at radius 2 is 2.33 bits per heavy atom. The number of aromatic amines is 1. The van der Waals surface area contributed by atoms with E-state index in [0.717, 1.165) is 12.2 Å². The van der Waals surface area contributed by atoms with Crippen molar-refractivity contribution in [1.82, 2.24) is 9.97 Å². The minimum atomic E-state index is -0.0937. The van der Waals surface area contributed by atoms with Crippen LogP contribution < -0.4 is 10.9 Å². The summed E-state index contributed by atoms with van der Waals surface area (Å²) in [5, 5.41) is 3.20. The van der Waals surface area contributed by atoms with Gasteiger partial charge >= 0.3 is 0 Å². The van der Waals surface area contributed by atoms with Crippen molar-refractivity contribution in [2.45, 2.75) is 33.1 Å². The Kier molecular flexibility index (Phi) is 2.50. The second kappa shape index (κ2) is 3.68. The van der Waals surface area contributed by atoms with Gasteiger partial charge in [-0.25, -0.2) is 4.98 Å². The van der Waals surface area contributed by atoms with Gasteiger partial charge in [0.1, 0.15) is 0 Å². The molecular formula is C11H17N3O. The van der Waals surface area contributed by atoms with Gasteiger partial charge in [0, 0.05) is 18.3 Å². The van der Waals surface area contributed by atoms with Gasteiger partial charge in [0.25, 0.3) is 5.56 Å². The van der Waals surface area contributed by atoms with Crippen LogP contribution in [0.5, 0.6) is 0 Å². The van der Waals surface area contributed by atoms with Crippen molar-refractivity contribution in [1.29, 1.82) is 0 Å². The third-order valence-electron chi connectivity index (χ3n) is 3.11. The number of nitrogens with one attached hydrogen (secondary N) is 2. The van der Waals surface area contributed by atoms with E-state index in [4.69, 9.17) is 0 Å². The summed E-state index contributed by atoms with van der Waals surface area (Å²) < 4.78 is 0. The Bertz CT molecular complexity index is 407. The van der Waals surface area contributed by atoms with Gasteiger partial charge in [0.05, 0.1) is 0 Å². The summed E-state index contributed by atoms with van der Waals surface area (Å²) in [6.45, 7) is 4.97. The summed E-state index contributed by atoms with van der Waals surface area (Å²) in [4.78, 5) is 18.1. The third-order valence-corrected chi connectivity index (χ3v) is 3.11. The monoisotopic (exact) mass is 207 g/mol. The smallest absolute Gasteiger partial charge is 0.252 e. The molecule has 0 saturated heterocycles. The summed E-state index contributed by atoms with van der Waals surface area (Å²) in [6, 6.07) is 1.50. The number of rotatable bonds is 3. The zero-order chi connectivity index (χ0) is 10.9. The molecule has 1 heterocycles. The van der Waals surface area contributed by atoms with E-state index in [1.807, 2.05) is 6.92 Å². The molecular weight excluding hydrogens is 190 g/mol. The minimum Gasteiger partial charge on any atom is -0.355 e. The first-order valence-electron chi connectivity index (χ1n) is 5.39. The molecule has 0 unspecified atom stereocenters. The highest BCUT2D eigenvalue weighted by Gasteiger charge is 2.31. The van der Waals surface area contributed by atoms with Crippen LogP contribution in [0.1, 0.15) is 31.9 Å². The van der Waals surface area contributed by atoms with Crippen molar-refractivity contribution < 1.29 is 0 Å². The van der Waals surface area contributed by atoms with Crippen LogP contribution in [0.3, 0.4) is 0 Å². The van der Waals surface area contributed by atoms with Gasteiger partial charge in [-0.15, -0.1) is 0 Å². The van der Waals surface area contributed by atoms with E-state index in [-0.39, 0.29) is 5.56 Å². The first-order valence-corrected chi connectivity index (χ1v) is 5.39. The predicted molar refractivity (Wildman–Crippen MR) is 60.0 cm³/mol. The van der Waals surface area contributed by atoms with E-state index in [0.29, 0.717) is 11.4 Å². The number of hydrogen-bond donors (Lipinski definition) is 2. The fourth-order valence-electron chi connectivity index (χ4n) is 1.92. The zero-order valence-corrected chi connectivity index (χ0v) is 9.26. The van der Waals surface area contributed by atoms with Gasteiger partial charge < -0.3 is 5.32 Å². The molecule has 1 aromatic rings. The van der Waals surface area contributed by atoms with Crippen LogP contribution in [0.2, 0.25) is 0 Å². The van der Waals surface area contributed by atoms with Crippen LogP contribution >= 0.6 is 0 Å². The molecule has 2 N–H and O–H groups in total. The fourth-order valence-corrected chi connectivity index (χ4v) is 1.92. The molecule has 1 saturated carbocycles. The second-order valence-corrected chi connectivity index (χ2v) is 4.75. The van der Waals surface area contributed by atoms with E-state index in [2.05, 4.69) is 22.2 Å². The summed E-state index contributed by atoms with van der Waals surface area (Å²) in [5.41, 5.74) is 1.05. The number of nitrogens with zero attached hydrogens (tertiary/aromatic N) is 1. The molecule has 82 valence electrons. The van der Waals surface area contributed by atoms with Crippen LogP contribution in [0.4, 0.5) is 5.95 Å².